The van der Waals surface area contributed by atoms with Crippen LogP contribution in [-0.2, 0) is 0 Å². The van der Waals surface area contributed by atoms with Crippen molar-refractivity contribution in [3.63, 3.8) is 0 Å². The number of aromatic nitrogens is 1. The van der Waals surface area contributed by atoms with Gasteiger partial charge >= 0.3 is 0 Å². The summed E-state index contributed by atoms with van der Waals surface area (Å²) in [4.78, 5) is 4.09. The summed E-state index contributed by atoms with van der Waals surface area (Å²) in [5.41, 5.74) is 7.31. The molecule has 0 fully saturated rings. The second kappa shape index (κ2) is 4.00. The van der Waals surface area contributed by atoms with Gasteiger partial charge in [-0.1, -0.05) is 18.2 Å². The molecule has 1 heterocycles. The Hall–Kier alpha value is -2.03. The number of benzene rings is 1. The summed E-state index contributed by atoms with van der Waals surface area (Å²) in [5, 5.41) is 0. The first-order chi connectivity index (χ1) is 7.25. The number of ether oxygens (including phenoxy) is 1. The lowest BCUT2D eigenvalue weighted by Crippen LogP contribution is -1.93. The Morgan fingerprint density at radius 1 is 1.20 bits per heavy atom. The van der Waals surface area contributed by atoms with E-state index in [2.05, 4.69) is 4.98 Å². The molecule has 1 aromatic carbocycles. The monoisotopic (exact) mass is 200 g/mol. The van der Waals surface area contributed by atoms with Crippen LogP contribution >= 0.6 is 0 Å². The van der Waals surface area contributed by atoms with Crippen LogP contribution in [0.4, 0.5) is 5.69 Å². The lowest BCUT2D eigenvalue weighted by atomic mass is 10.2. The van der Waals surface area contributed by atoms with Crippen LogP contribution in [-0.4, -0.2) is 4.98 Å². The standard InChI is InChI=1S/C12H12N2O/c1-9-7-12(14-8-11(9)13)15-10-5-3-2-4-6-10/h2-8H,13H2,1H3. The van der Waals surface area contributed by atoms with Crippen molar-refractivity contribution in [2.45, 2.75) is 6.92 Å². The number of nitrogens with zero attached hydrogens (tertiary/aromatic N) is 1. The molecule has 76 valence electrons. The lowest BCUT2D eigenvalue weighted by Gasteiger charge is -2.05. The third-order valence-corrected chi connectivity index (χ3v) is 2.09. The lowest BCUT2D eigenvalue weighted by molar-refractivity contribution is 0.462. The summed E-state index contributed by atoms with van der Waals surface area (Å²) < 4.78 is 5.55. The van der Waals surface area contributed by atoms with Crippen molar-refractivity contribution in [1.29, 1.82) is 0 Å². The average molecular weight is 200 g/mol. The van der Waals surface area contributed by atoms with Crippen molar-refractivity contribution >= 4 is 5.69 Å². The molecule has 0 saturated carbocycles. The van der Waals surface area contributed by atoms with E-state index in [1.807, 2.05) is 43.3 Å². The second-order valence-electron chi connectivity index (χ2n) is 3.29. The van der Waals surface area contributed by atoms with Gasteiger partial charge in [0.25, 0.3) is 0 Å². The molecule has 0 aliphatic rings. The average Bonchev–Trinajstić information content (AvgIpc) is 2.25. The highest BCUT2D eigenvalue weighted by Gasteiger charge is 2.00. The highest BCUT2D eigenvalue weighted by atomic mass is 16.5. The zero-order valence-corrected chi connectivity index (χ0v) is 8.47. The minimum Gasteiger partial charge on any atom is -0.439 e. The van der Waals surface area contributed by atoms with E-state index >= 15 is 0 Å². The molecule has 2 N–H and O–H groups in total. The van der Waals surface area contributed by atoms with Crippen LogP contribution < -0.4 is 10.5 Å². The molecule has 15 heavy (non-hydrogen) atoms. The van der Waals surface area contributed by atoms with Crippen molar-refractivity contribution in [2.75, 3.05) is 5.73 Å². The van der Waals surface area contributed by atoms with E-state index < -0.39 is 0 Å². The molecular weight excluding hydrogens is 188 g/mol. The molecule has 0 atom stereocenters. The summed E-state index contributed by atoms with van der Waals surface area (Å²) in [6.45, 7) is 1.93. The minimum atomic E-state index is 0.563. The number of anilines is 1. The molecule has 0 radical (unpaired) electrons. The fraction of sp³-hybridized carbons (Fsp3) is 0.0833. The van der Waals surface area contributed by atoms with Gasteiger partial charge in [-0.05, 0) is 24.6 Å². The number of pyridine rings is 1. The number of nitrogens with two attached hydrogens (primary N) is 1. The van der Waals surface area contributed by atoms with Gasteiger partial charge < -0.3 is 10.5 Å². The maximum atomic E-state index is 5.66. The number of para-hydroxylation sites is 1. The fourth-order valence-electron chi connectivity index (χ4n) is 1.21. The molecule has 0 bridgehead atoms. The van der Waals surface area contributed by atoms with Gasteiger partial charge in [-0.2, -0.15) is 0 Å². The van der Waals surface area contributed by atoms with E-state index in [4.69, 9.17) is 10.5 Å². The molecule has 2 rings (SSSR count). The summed E-state index contributed by atoms with van der Waals surface area (Å²) in [6, 6.07) is 11.4. The van der Waals surface area contributed by atoms with Gasteiger partial charge in [-0.15, -0.1) is 0 Å². The Morgan fingerprint density at radius 3 is 2.60 bits per heavy atom. The third kappa shape index (κ3) is 2.26. The first kappa shape index (κ1) is 9.52. The quantitative estimate of drug-likeness (QED) is 0.810. The molecule has 0 amide bonds. The van der Waals surface area contributed by atoms with Gasteiger partial charge in [0, 0.05) is 6.07 Å². The molecule has 1 aromatic heterocycles. The van der Waals surface area contributed by atoms with Gasteiger partial charge in [-0.25, -0.2) is 4.98 Å². The van der Waals surface area contributed by atoms with E-state index in [1.165, 1.54) is 0 Å². The number of nitrogen functional groups attached to an aromatic ring is 1. The van der Waals surface area contributed by atoms with Crippen LogP contribution in [0.15, 0.2) is 42.6 Å². The van der Waals surface area contributed by atoms with E-state index in [0.29, 0.717) is 11.6 Å². The molecule has 0 aliphatic heterocycles. The molecule has 2 aromatic rings. The molecular formula is C12H12N2O. The van der Waals surface area contributed by atoms with Crippen molar-refractivity contribution in [3.8, 4) is 11.6 Å². The van der Waals surface area contributed by atoms with Crippen molar-refractivity contribution in [3.05, 3.63) is 48.2 Å². The SMILES string of the molecule is Cc1cc(Oc2ccccc2)ncc1N. The van der Waals surface area contributed by atoms with Gasteiger partial charge in [0.05, 0.1) is 11.9 Å². The predicted octanol–water partition coefficient (Wildman–Crippen LogP) is 2.76. The zero-order chi connectivity index (χ0) is 10.7. The van der Waals surface area contributed by atoms with E-state index in [9.17, 15) is 0 Å². The molecule has 3 nitrogen and oxygen atoms in total. The Labute approximate surface area is 88.5 Å². The van der Waals surface area contributed by atoms with Crippen LogP contribution in [0.1, 0.15) is 5.56 Å². The molecule has 0 saturated heterocycles. The second-order valence-corrected chi connectivity index (χ2v) is 3.29. The van der Waals surface area contributed by atoms with E-state index in [1.54, 1.807) is 6.20 Å². The summed E-state index contributed by atoms with van der Waals surface area (Å²) in [7, 11) is 0. The van der Waals surface area contributed by atoms with Gasteiger partial charge in [0.1, 0.15) is 5.75 Å². The number of rotatable bonds is 2. The van der Waals surface area contributed by atoms with Crippen LogP contribution in [0.2, 0.25) is 0 Å². The molecule has 0 spiro atoms. The highest BCUT2D eigenvalue weighted by Crippen LogP contribution is 2.21. The number of hydrogen-bond acceptors (Lipinski definition) is 3. The first-order valence-electron chi connectivity index (χ1n) is 4.71. The van der Waals surface area contributed by atoms with Gasteiger partial charge in [0.2, 0.25) is 5.88 Å². The summed E-state index contributed by atoms with van der Waals surface area (Å²) in [6.07, 6.45) is 1.60. The Kier molecular flexibility index (Phi) is 2.54. The van der Waals surface area contributed by atoms with Crippen LogP contribution in [0.5, 0.6) is 11.6 Å². The van der Waals surface area contributed by atoms with Crippen molar-refractivity contribution in [1.82, 2.24) is 4.98 Å². The smallest absolute Gasteiger partial charge is 0.219 e. The van der Waals surface area contributed by atoms with Gasteiger partial charge in [0.15, 0.2) is 0 Å². The third-order valence-electron chi connectivity index (χ3n) is 2.09. The van der Waals surface area contributed by atoms with Crippen LogP contribution in [0.25, 0.3) is 0 Å². The fourth-order valence-corrected chi connectivity index (χ4v) is 1.21. The zero-order valence-electron chi connectivity index (χ0n) is 8.47. The minimum absolute atomic E-state index is 0.563. The largest absolute Gasteiger partial charge is 0.439 e. The Morgan fingerprint density at radius 2 is 1.93 bits per heavy atom. The topological polar surface area (TPSA) is 48.1 Å². The molecule has 3 heteroatoms. The number of aryl methyl sites for hydroxylation is 1. The summed E-state index contributed by atoms with van der Waals surface area (Å²) in [5.74, 6) is 1.34. The molecule has 0 aliphatic carbocycles. The Balaban J connectivity index is 2.22. The first-order valence-corrected chi connectivity index (χ1v) is 4.71. The van der Waals surface area contributed by atoms with Crippen molar-refractivity contribution < 1.29 is 4.74 Å². The summed E-state index contributed by atoms with van der Waals surface area (Å²) >= 11 is 0. The van der Waals surface area contributed by atoms with Gasteiger partial charge in [-0.3, -0.25) is 0 Å². The molecule has 0 unspecified atom stereocenters. The van der Waals surface area contributed by atoms with E-state index in [0.717, 1.165) is 11.3 Å². The highest BCUT2D eigenvalue weighted by molar-refractivity contribution is 5.46. The maximum absolute atomic E-state index is 5.66. The van der Waals surface area contributed by atoms with Crippen molar-refractivity contribution in [2.24, 2.45) is 0 Å². The van der Waals surface area contributed by atoms with Crippen LogP contribution in [0.3, 0.4) is 0 Å². The maximum Gasteiger partial charge on any atom is 0.219 e. The van der Waals surface area contributed by atoms with Crippen LogP contribution in [0, 0.1) is 6.92 Å². The normalized spacial score (nSPS) is 9.93. The number of hydrogen-bond donors (Lipinski definition) is 1. The Bertz CT molecular complexity index is 454. The predicted molar refractivity (Wildman–Crippen MR) is 59.9 cm³/mol. The van der Waals surface area contributed by atoms with E-state index in [-0.39, 0.29) is 0 Å².